The predicted octanol–water partition coefficient (Wildman–Crippen LogP) is 3.18. The van der Waals surface area contributed by atoms with Crippen molar-refractivity contribution in [1.29, 1.82) is 0 Å². The molecular weight excluding hydrogens is 273 g/mol. The molecule has 2 aromatic rings. The van der Waals surface area contributed by atoms with E-state index in [1.165, 1.54) is 13.2 Å². The number of rotatable bonds is 3. The Morgan fingerprint density at radius 3 is 2.79 bits per heavy atom. The molecule has 1 aromatic carbocycles. The van der Waals surface area contributed by atoms with Crippen LogP contribution in [0.25, 0.3) is 10.9 Å². The lowest BCUT2D eigenvalue weighted by atomic mass is 10.0. The summed E-state index contributed by atoms with van der Waals surface area (Å²) in [5, 5.41) is 9.52. The Balaban J connectivity index is 2.89. The summed E-state index contributed by atoms with van der Waals surface area (Å²) in [6.07, 6.45) is 0. The van der Waals surface area contributed by atoms with Crippen molar-refractivity contribution in [3.8, 4) is 0 Å². The Kier molecular flexibility index (Phi) is 3.68. The number of fused-ring (bicyclic) bond motifs is 1. The highest BCUT2D eigenvalue weighted by Gasteiger charge is 2.19. The average molecular weight is 284 g/mol. The van der Waals surface area contributed by atoms with Crippen molar-refractivity contribution in [3.05, 3.63) is 39.8 Å². The van der Waals surface area contributed by atoms with Crippen LogP contribution in [0.2, 0.25) is 5.02 Å². The first kappa shape index (κ1) is 13.7. The number of aromatic carboxylic acids is 1. The highest BCUT2D eigenvalue weighted by molar-refractivity contribution is 6.31. The molecule has 0 atom stereocenters. The highest BCUT2D eigenvalue weighted by atomic mass is 35.5. The van der Waals surface area contributed by atoms with Gasteiger partial charge in [0.2, 0.25) is 0 Å². The molecule has 19 heavy (non-hydrogen) atoms. The summed E-state index contributed by atoms with van der Waals surface area (Å²) in [5.74, 6) is -1.75. The number of hydrogen-bond donors (Lipinski definition) is 1. The van der Waals surface area contributed by atoms with Crippen LogP contribution in [0, 0.1) is 12.7 Å². The molecule has 0 fully saturated rings. The number of methoxy groups -OCH3 is 1. The average Bonchev–Trinajstić information content (AvgIpc) is 2.32. The van der Waals surface area contributed by atoms with Crippen molar-refractivity contribution in [1.82, 2.24) is 4.98 Å². The van der Waals surface area contributed by atoms with Crippen molar-refractivity contribution < 1.29 is 19.0 Å². The van der Waals surface area contributed by atoms with Crippen LogP contribution >= 0.6 is 11.6 Å². The molecule has 0 aliphatic heterocycles. The molecule has 1 N–H and O–H groups in total. The van der Waals surface area contributed by atoms with Crippen LogP contribution in [-0.2, 0) is 11.3 Å². The first-order chi connectivity index (χ1) is 8.95. The van der Waals surface area contributed by atoms with Gasteiger partial charge in [0.25, 0.3) is 0 Å². The molecule has 0 aliphatic carbocycles. The van der Waals surface area contributed by atoms with Crippen molar-refractivity contribution in [2.45, 2.75) is 13.5 Å². The van der Waals surface area contributed by atoms with Crippen LogP contribution in [0.5, 0.6) is 0 Å². The molecule has 0 saturated carbocycles. The largest absolute Gasteiger partial charge is 0.478 e. The third-order valence-electron chi connectivity index (χ3n) is 2.84. The molecule has 0 amide bonds. The van der Waals surface area contributed by atoms with Gasteiger partial charge in [-0.1, -0.05) is 11.6 Å². The van der Waals surface area contributed by atoms with Gasteiger partial charge in [0.1, 0.15) is 5.82 Å². The quantitative estimate of drug-likeness (QED) is 0.940. The molecule has 0 unspecified atom stereocenters. The van der Waals surface area contributed by atoms with Gasteiger partial charge in [-0.15, -0.1) is 0 Å². The van der Waals surface area contributed by atoms with Gasteiger partial charge in [0.15, 0.2) is 0 Å². The van der Waals surface area contributed by atoms with E-state index in [0.29, 0.717) is 16.6 Å². The number of carboxylic acids is 1. The molecule has 1 aromatic heterocycles. The van der Waals surface area contributed by atoms with Crippen LogP contribution in [0.1, 0.15) is 21.6 Å². The topological polar surface area (TPSA) is 59.4 Å². The van der Waals surface area contributed by atoms with Crippen molar-refractivity contribution >= 4 is 28.5 Å². The minimum Gasteiger partial charge on any atom is -0.478 e. The number of benzene rings is 1. The number of hydrogen-bond acceptors (Lipinski definition) is 3. The maximum atomic E-state index is 13.4. The third kappa shape index (κ3) is 2.39. The van der Waals surface area contributed by atoms with Crippen molar-refractivity contribution in [2.75, 3.05) is 7.11 Å². The number of ether oxygens (including phenoxy) is 1. The Bertz CT molecular complexity index is 673. The van der Waals surface area contributed by atoms with Crippen molar-refractivity contribution in [2.24, 2.45) is 0 Å². The first-order valence-corrected chi connectivity index (χ1v) is 5.84. The number of carbonyl (C=O) groups is 1. The SMILES string of the molecule is COCc1c(C)nc2cc(F)c(Cl)cc2c1C(=O)O. The van der Waals surface area contributed by atoms with Crippen LogP contribution in [0.4, 0.5) is 4.39 Å². The maximum Gasteiger partial charge on any atom is 0.336 e. The highest BCUT2D eigenvalue weighted by Crippen LogP contribution is 2.28. The predicted molar refractivity (Wildman–Crippen MR) is 69.1 cm³/mol. The molecule has 6 heteroatoms. The van der Waals surface area contributed by atoms with Gasteiger partial charge in [0, 0.05) is 29.8 Å². The van der Waals surface area contributed by atoms with E-state index in [-0.39, 0.29) is 22.7 Å². The second-order valence-electron chi connectivity index (χ2n) is 4.07. The number of aromatic nitrogens is 1. The number of aryl methyl sites for hydroxylation is 1. The van der Waals surface area contributed by atoms with Crippen molar-refractivity contribution in [3.63, 3.8) is 0 Å². The zero-order valence-electron chi connectivity index (χ0n) is 10.3. The molecule has 2 rings (SSSR count). The lowest BCUT2D eigenvalue weighted by Gasteiger charge is -2.12. The normalized spacial score (nSPS) is 10.9. The van der Waals surface area contributed by atoms with E-state index in [2.05, 4.69) is 4.98 Å². The molecule has 0 spiro atoms. The van der Waals surface area contributed by atoms with E-state index in [4.69, 9.17) is 16.3 Å². The molecule has 100 valence electrons. The fraction of sp³-hybridized carbons (Fsp3) is 0.231. The molecular formula is C13H11ClFNO3. The van der Waals surface area contributed by atoms with Gasteiger partial charge in [-0.2, -0.15) is 0 Å². The third-order valence-corrected chi connectivity index (χ3v) is 3.13. The first-order valence-electron chi connectivity index (χ1n) is 5.46. The summed E-state index contributed by atoms with van der Waals surface area (Å²) in [6, 6.07) is 2.41. The van der Waals surface area contributed by atoms with Gasteiger partial charge in [-0.05, 0) is 13.0 Å². The van der Waals surface area contributed by atoms with Crippen LogP contribution in [0.15, 0.2) is 12.1 Å². The second kappa shape index (κ2) is 5.11. The van der Waals surface area contributed by atoms with Gasteiger partial charge in [-0.25, -0.2) is 9.18 Å². The lowest BCUT2D eigenvalue weighted by molar-refractivity contribution is 0.0693. The fourth-order valence-electron chi connectivity index (χ4n) is 1.99. The number of pyridine rings is 1. The number of carboxylic acid groups (broad SMARTS) is 1. The van der Waals surface area contributed by atoms with Crippen LogP contribution < -0.4 is 0 Å². The minimum atomic E-state index is -1.12. The van der Waals surface area contributed by atoms with E-state index in [9.17, 15) is 14.3 Å². The monoisotopic (exact) mass is 283 g/mol. The Morgan fingerprint density at radius 2 is 2.21 bits per heavy atom. The Morgan fingerprint density at radius 1 is 1.53 bits per heavy atom. The standard InChI is InChI=1S/C13H11ClFNO3/c1-6-8(5-19-2)12(13(17)18)7-3-9(14)10(15)4-11(7)16-6/h3-4H,5H2,1-2H3,(H,17,18). The summed E-state index contributed by atoms with van der Waals surface area (Å²) in [6.45, 7) is 1.78. The van der Waals surface area contributed by atoms with E-state index in [1.54, 1.807) is 6.92 Å². The van der Waals surface area contributed by atoms with Gasteiger partial charge < -0.3 is 9.84 Å². The maximum absolute atomic E-state index is 13.4. The molecule has 0 bridgehead atoms. The van der Waals surface area contributed by atoms with Gasteiger partial charge in [0.05, 0.1) is 22.7 Å². The summed E-state index contributed by atoms with van der Waals surface area (Å²) < 4.78 is 18.4. The zero-order chi connectivity index (χ0) is 14.2. The fourth-order valence-corrected chi connectivity index (χ4v) is 2.15. The smallest absolute Gasteiger partial charge is 0.336 e. The minimum absolute atomic E-state index is 0.0475. The number of nitrogens with zero attached hydrogens (tertiary/aromatic N) is 1. The Hall–Kier alpha value is -1.72. The molecule has 0 radical (unpaired) electrons. The van der Waals surface area contributed by atoms with Crippen LogP contribution in [-0.4, -0.2) is 23.2 Å². The summed E-state index contributed by atoms with van der Waals surface area (Å²) >= 11 is 5.71. The molecule has 1 heterocycles. The molecule has 4 nitrogen and oxygen atoms in total. The summed E-state index contributed by atoms with van der Waals surface area (Å²) in [4.78, 5) is 15.6. The zero-order valence-corrected chi connectivity index (χ0v) is 11.1. The van der Waals surface area contributed by atoms with Gasteiger partial charge in [-0.3, -0.25) is 4.98 Å². The second-order valence-corrected chi connectivity index (χ2v) is 4.48. The van der Waals surface area contributed by atoms with E-state index in [1.807, 2.05) is 0 Å². The van der Waals surface area contributed by atoms with Gasteiger partial charge >= 0.3 is 5.97 Å². The van der Waals surface area contributed by atoms with Crippen LogP contribution in [0.3, 0.4) is 0 Å². The van der Waals surface area contributed by atoms with E-state index < -0.39 is 11.8 Å². The summed E-state index contributed by atoms with van der Waals surface area (Å²) in [5.41, 5.74) is 1.27. The molecule has 0 aliphatic rings. The van der Waals surface area contributed by atoms with E-state index in [0.717, 1.165) is 6.07 Å². The summed E-state index contributed by atoms with van der Waals surface area (Å²) in [7, 11) is 1.47. The lowest BCUT2D eigenvalue weighted by Crippen LogP contribution is -2.09. The molecule has 0 saturated heterocycles. The number of halogens is 2. The van der Waals surface area contributed by atoms with E-state index >= 15 is 0 Å². The Labute approximate surface area is 113 Å².